The summed E-state index contributed by atoms with van der Waals surface area (Å²) in [4.78, 5) is 46.9. The van der Waals surface area contributed by atoms with Crippen LogP contribution in [0.15, 0.2) is 36.8 Å². The number of benzene rings is 1. The number of nitrogens with one attached hydrogen (secondary N) is 2. The van der Waals surface area contributed by atoms with Crippen molar-refractivity contribution >= 4 is 18.0 Å². The SMILES string of the molecule is CC(C)(C)OC(=O)N1CCN(C(=O)NC2CCCCC2)[C@@H](C(=O)NCCc2cncn2Cc2ccc(C#N)cc2)C1. The number of carbonyl (C=O) groups is 3. The summed E-state index contributed by atoms with van der Waals surface area (Å²) < 4.78 is 7.54. The highest BCUT2D eigenvalue weighted by Crippen LogP contribution is 2.20. The van der Waals surface area contributed by atoms with E-state index in [0.29, 0.717) is 31.6 Å². The molecule has 41 heavy (non-hydrogen) atoms. The third-order valence-electron chi connectivity index (χ3n) is 7.44. The number of rotatable bonds is 7. The first-order valence-electron chi connectivity index (χ1n) is 14.4. The fourth-order valence-electron chi connectivity index (χ4n) is 5.26. The molecule has 2 heterocycles. The van der Waals surface area contributed by atoms with Crippen LogP contribution < -0.4 is 10.6 Å². The van der Waals surface area contributed by atoms with Gasteiger partial charge in [0.25, 0.3) is 0 Å². The summed E-state index contributed by atoms with van der Waals surface area (Å²) in [5.41, 5.74) is 1.93. The minimum Gasteiger partial charge on any atom is -0.444 e. The van der Waals surface area contributed by atoms with Crippen molar-refractivity contribution in [3.63, 3.8) is 0 Å². The number of carbonyl (C=O) groups excluding carboxylic acids is 3. The number of nitriles is 1. The van der Waals surface area contributed by atoms with Crippen LogP contribution >= 0.6 is 0 Å². The maximum atomic E-state index is 13.5. The van der Waals surface area contributed by atoms with Crippen LogP contribution in [0, 0.1) is 11.3 Å². The second-order valence-electron chi connectivity index (χ2n) is 11.8. The fraction of sp³-hybridized carbons (Fsp3) is 0.567. The van der Waals surface area contributed by atoms with Gasteiger partial charge in [-0.15, -0.1) is 0 Å². The summed E-state index contributed by atoms with van der Waals surface area (Å²) in [7, 11) is 0. The Morgan fingerprint density at radius 2 is 1.83 bits per heavy atom. The third kappa shape index (κ3) is 8.46. The number of aromatic nitrogens is 2. The van der Waals surface area contributed by atoms with Gasteiger partial charge in [-0.2, -0.15) is 5.26 Å². The van der Waals surface area contributed by atoms with Crippen LogP contribution in [0.5, 0.6) is 0 Å². The summed E-state index contributed by atoms with van der Waals surface area (Å²) in [6, 6.07) is 8.54. The van der Waals surface area contributed by atoms with Gasteiger partial charge in [0.1, 0.15) is 11.6 Å². The first-order valence-corrected chi connectivity index (χ1v) is 14.4. The van der Waals surface area contributed by atoms with Crippen molar-refractivity contribution in [3.8, 4) is 6.07 Å². The molecule has 1 aromatic heterocycles. The van der Waals surface area contributed by atoms with Gasteiger partial charge in [-0.3, -0.25) is 4.79 Å². The van der Waals surface area contributed by atoms with E-state index < -0.39 is 17.7 Å². The van der Waals surface area contributed by atoms with Gasteiger partial charge in [0.15, 0.2) is 0 Å². The first-order chi connectivity index (χ1) is 19.6. The summed E-state index contributed by atoms with van der Waals surface area (Å²) in [5, 5.41) is 15.1. The van der Waals surface area contributed by atoms with Crippen molar-refractivity contribution in [2.24, 2.45) is 0 Å². The molecule has 4 rings (SSSR count). The molecule has 0 bridgehead atoms. The van der Waals surface area contributed by atoms with E-state index in [-0.39, 0.29) is 31.1 Å². The molecule has 1 saturated carbocycles. The largest absolute Gasteiger partial charge is 0.444 e. The lowest BCUT2D eigenvalue weighted by Crippen LogP contribution is -2.64. The van der Waals surface area contributed by atoms with Crippen molar-refractivity contribution in [2.45, 2.75) is 83.5 Å². The normalized spacial score (nSPS) is 18.0. The lowest BCUT2D eigenvalue weighted by molar-refractivity contribution is -0.127. The van der Waals surface area contributed by atoms with Gasteiger partial charge in [0, 0.05) is 50.5 Å². The Hall–Kier alpha value is -4.07. The number of amides is 4. The molecule has 0 spiro atoms. The molecule has 0 radical (unpaired) electrons. The van der Waals surface area contributed by atoms with Gasteiger partial charge >= 0.3 is 12.1 Å². The number of piperazine rings is 1. The molecule has 2 fully saturated rings. The Morgan fingerprint density at radius 3 is 2.51 bits per heavy atom. The Kier molecular flexibility index (Phi) is 9.86. The van der Waals surface area contributed by atoms with Gasteiger partial charge in [-0.25, -0.2) is 14.6 Å². The van der Waals surface area contributed by atoms with Gasteiger partial charge in [-0.1, -0.05) is 31.4 Å². The van der Waals surface area contributed by atoms with Crippen molar-refractivity contribution < 1.29 is 19.1 Å². The van der Waals surface area contributed by atoms with Gasteiger partial charge in [0.05, 0.1) is 24.5 Å². The minimum absolute atomic E-state index is 0.0649. The number of urea groups is 1. The minimum atomic E-state index is -0.830. The molecule has 2 aliphatic rings. The van der Waals surface area contributed by atoms with Gasteiger partial charge in [-0.05, 0) is 51.3 Å². The highest BCUT2D eigenvalue weighted by Gasteiger charge is 2.38. The molecule has 1 saturated heterocycles. The Bertz CT molecular complexity index is 1240. The number of imidazole rings is 1. The quantitative estimate of drug-likeness (QED) is 0.531. The number of hydrogen-bond acceptors (Lipinski definition) is 6. The first kappa shape index (κ1) is 29.9. The second kappa shape index (κ2) is 13.5. The van der Waals surface area contributed by atoms with Gasteiger partial charge in [0.2, 0.25) is 5.91 Å². The standard InChI is InChI=1S/C30H41N7O4/c1-30(2,3)41-29(40)35-15-16-37(28(39)34-24-7-5-4-6-8-24)26(20-35)27(38)33-14-13-25-18-32-21-36(25)19-23-11-9-22(17-31)10-12-23/h9-12,18,21,24,26H,4-8,13-16,19-20H2,1-3H3,(H,33,38)(H,34,39)/t26-/m1/s1. The molecular formula is C30H41N7O4. The predicted octanol–water partition coefficient (Wildman–Crippen LogP) is 3.43. The van der Waals surface area contributed by atoms with Crippen molar-refractivity contribution in [2.75, 3.05) is 26.2 Å². The van der Waals surface area contributed by atoms with Crippen molar-refractivity contribution in [1.82, 2.24) is 30.0 Å². The van der Waals surface area contributed by atoms with Crippen LogP contribution in [0.25, 0.3) is 0 Å². The molecule has 4 amide bonds. The Morgan fingerprint density at radius 1 is 1.10 bits per heavy atom. The number of hydrogen-bond donors (Lipinski definition) is 2. The smallest absolute Gasteiger partial charge is 0.410 e. The van der Waals surface area contributed by atoms with E-state index in [2.05, 4.69) is 21.7 Å². The maximum absolute atomic E-state index is 13.5. The molecule has 11 nitrogen and oxygen atoms in total. The second-order valence-corrected chi connectivity index (χ2v) is 11.8. The number of ether oxygens (including phenoxy) is 1. The van der Waals surface area contributed by atoms with E-state index in [1.165, 1.54) is 11.3 Å². The average molecular weight is 564 g/mol. The summed E-state index contributed by atoms with van der Waals surface area (Å²) >= 11 is 0. The molecule has 1 atom stereocenters. The molecule has 11 heteroatoms. The molecule has 1 aliphatic heterocycles. The molecule has 1 aliphatic carbocycles. The van der Waals surface area contributed by atoms with Crippen LogP contribution in [0.2, 0.25) is 0 Å². The lowest BCUT2D eigenvalue weighted by Gasteiger charge is -2.41. The monoisotopic (exact) mass is 563 g/mol. The van der Waals surface area contributed by atoms with Crippen molar-refractivity contribution in [1.29, 1.82) is 5.26 Å². The average Bonchev–Trinajstić information content (AvgIpc) is 3.39. The summed E-state index contributed by atoms with van der Waals surface area (Å²) in [5.74, 6) is -0.310. The fourth-order valence-corrected chi connectivity index (χ4v) is 5.26. The van der Waals surface area contributed by atoms with E-state index in [0.717, 1.165) is 36.9 Å². The molecule has 2 N–H and O–H groups in total. The molecule has 220 valence electrons. The van der Waals surface area contributed by atoms with Crippen molar-refractivity contribution in [3.05, 3.63) is 53.6 Å². The van der Waals surface area contributed by atoms with Crippen LogP contribution in [-0.4, -0.2) is 81.2 Å². The van der Waals surface area contributed by atoms with E-state index >= 15 is 0 Å². The molecule has 1 aromatic carbocycles. The van der Waals surface area contributed by atoms with E-state index in [9.17, 15) is 14.4 Å². The zero-order valence-electron chi connectivity index (χ0n) is 24.3. The van der Waals surface area contributed by atoms with Crippen LogP contribution in [0.4, 0.5) is 9.59 Å². The Balaban J connectivity index is 1.38. The number of nitrogens with zero attached hydrogens (tertiary/aromatic N) is 5. The summed E-state index contributed by atoms with van der Waals surface area (Å²) in [6.45, 7) is 6.95. The van der Waals surface area contributed by atoms with E-state index in [1.54, 1.807) is 50.3 Å². The lowest BCUT2D eigenvalue weighted by atomic mass is 9.95. The zero-order chi connectivity index (χ0) is 29.4. The topological polar surface area (TPSA) is 133 Å². The van der Waals surface area contributed by atoms with E-state index in [1.807, 2.05) is 16.7 Å². The third-order valence-corrected chi connectivity index (χ3v) is 7.44. The highest BCUT2D eigenvalue weighted by molar-refractivity contribution is 5.88. The van der Waals surface area contributed by atoms with E-state index in [4.69, 9.17) is 10.00 Å². The summed E-state index contributed by atoms with van der Waals surface area (Å²) in [6.07, 6.45) is 8.79. The van der Waals surface area contributed by atoms with Gasteiger partial charge < -0.3 is 29.7 Å². The molecule has 2 aromatic rings. The van der Waals surface area contributed by atoms with Crippen LogP contribution in [-0.2, 0) is 22.5 Å². The highest BCUT2D eigenvalue weighted by atomic mass is 16.6. The Labute approximate surface area is 241 Å². The molecular weight excluding hydrogens is 522 g/mol. The predicted molar refractivity (Wildman–Crippen MR) is 153 cm³/mol. The van der Waals surface area contributed by atoms with Crippen LogP contribution in [0.3, 0.4) is 0 Å². The maximum Gasteiger partial charge on any atom is 0.410 e. The molecule has 0 unspecified atom stereocenters. The zero-order valence-corrected chi connectivity index (χ0v) is 24.3. The van der Waals surface area contributed by atoms with Crippen LogP contribution in [0.1, 0.15) is 69.7 Å².